The van der Waals surface area contributed by atoms with E-state index in [-0.39, 0.29) is 12.0 Å². The van der Waals surface area contributed by atoms with Gasteiger partial charge in [-0.3, -0.25) is 4.57 Å². The first kappa shape index (κ1) is 19.3. The zero-order chi connectivity index (χ0) is 19.3. The van der Waals surface area contributed by atoms with Crippen LogP contribution in [0.2, 0.25) is 0 Å². The largest absolute Gasteiger partial charge is 0.493 e. The number of aromatic nitrogens is 1. The molecule has 1 atom stereocenters. The monoisotopic (exact) mass is 404 g/mol. The highest BCUT2D eigenvalue weighted by Gasteiger charge is 2.21. The highest BCUT2D eigenvalue weighted by atomic mass is 32.1. The van der Waals surface area contributed by atoms with E-state index in [1.54, 1.807) is 0 Å². The van der Waals surface area contributed by atoms with E-state index in [0.29, 0.717) is 24.0 Å². The molecule has 0 amide bonds. The Kier molecular flexibility index (Phi) is 6.16. The van der Waals surface area contributed by atoms with E-state index in [2.05, 4.69) is 15.5 Å². The van der Waals surface area contributed by atoms with E-state index in [9.17, 15) is 5.11 Å². The molecule has 8 nitrogen and oxygen atoms in total. The fraction of sp³-hybridized carbons (Fsp3) is 0.526. The van der Waals surface area contributed by atoms with Gasteiger partial charge in [-0.1, -0.05) is 18.2 Å². The minimum absolute atomic E-state index is 0.117. The maximum Gasteiger partial charge on any atom is 0.225 e. The normalized spacial score (nSPS) is 20.9. The van der Waals surface area contributed by atoms with E-state index < -0.39 is 0 Å². The molecule has 2 aliphatic rings. The summed E-state index contributed by atoms with van der Waals surface area (Å²) in [7, 11) is 0. The number of hydrogen-bond acceptors (Lipinski definition) is 5. The molecule has 0 radical (unpaired) electrons. The summed E-state index contributed by atoms with van der Waals surface area (Å²) in [6.07, 6.45) is 2.30. The Morgan fingerprint density at radius 2 is 2.11 bits per heavy atom. The number of quaternary nitrogens is 1. The predicted octanol–water partition coefficient (Wildman–Crippen LogP) is 1.36. The number of ether oxygens (including phenoxy) is 2. The Bertz CT molecular complexity index is 857. The summed E-state index contributed by atoms with van der Waals surface area (Å²) in [5, 5.41) is 23.5. The van der Waals surface area contributed by atoms with Crippen molar-refractivity contribution in [2.24, 2.45) is 10.2 Å². The number of nitrogens with one attached hydrogen (secondary N) is 2. The fourth-order valence-corrected chi connectivity index (χ4v) is 3.83. The maximum atomic E-state index is 10.8. The van der Waals surface area contributed by atoms with Gasteiger partial charge in [0.1, 0.15) is 13.1 Å². The second kappa shape index (κ2) is 8.95. The molecule has 2 fully saturated rings. The van der Waals surface area contributed by atoms with Crippen LogP contribution in [0.25, 0.3) is 10.9 Å². The van der Waals surface area contributed by atoms with Gasteiger partial charge in [-0.2, -0.15) is 0 Å². The Morgan fingerprint density at radius 3 is 2.89 bits per heavy atom. The third kappa shape index (κ3) is 4.33. The lowest BCUT2D eigenvalue weighted by Gasteiger charge is -2.24. The van der Waals surface area contributed by atoms with Crippen LogP contribution >= 0.6 is 12.2 Å². The molecule has 0 bridgehead atoms. The van der Waals surface area contributed by atoms with Gasteiger partial charge in [0.05, 0.1) is 24.8 Å². The molecule has 1 aromatic carbocycles. The molecule has 4 rings (SSSR count). The van der Waals surface area contributed by atoms with E-state index in [1.807, 2.05) is 28.8 Å². The van der Waals surface area contributed by atoms with Crippen molar-refractivity contribution in [3.05, 3.63) is 24.3 Å². The van der Waals surface area contributed by atoms with Crippen LogP contribution in [0.3, 0.4) is 0 Å². The van der Waals surface area contributed by atoms with Gasteiger partial charge in [0, 0.05) is 18.5 Å². The lowest BCUT2D eigenvalue weighted by Crippen LogP contribution is -3.13. The minimum Gasteiger partial charge on any atom is -0.493 e. The van der Waals surface area contributed by atoms with Crippen molar-refractivity contribution in [3.63, 3.8) is 0 Å². The smallest absolute Gasteiger partial charge is 0.225 e. The zero-order valence-electron chi connectivity index (χ0n) is 15.8. The summed E-state index contributed by atoms with van der Waals surface area (Å²) in [6, 6.07) is 7.82. The number of azo groups is 1. The number of para-hydroxylation sites is 1. The van der Waals surface area contributed by atoms with Crippen LogP contribution in [0.5, 0.6) is 5.88 Å². The van der Waals surface area contributed by atoms with Crippen LogP contribution in [-0.4, -0.2) is 60.3 Å². The van der Waals surface area contributed by atoms with E-state index in [4.69, 9.17) is 21.7 Å². The summed E-state index contributed by atoms with van der Waals surface area (Å²) in [4.78, 5) is 1.36. The van der Waals surface area contributed by atoms with Gasteiger partial charge in [0.15, 0.2) is 12.4 Å². The van der Waals surface area contributed by atoms with Crippen molar-refractivity contribution in [1.29, 1.82) is 0 Å². The molecule has 2 saturated heterocycles. The van der Waals surface area contributed by atoms with Crippen molar-refractivity contribution in [2.45, 2.75) is 25.6 Å². The quantitative estimate of drug-likeness (QED) is 0.518. The number of aromatic hydroxyl groups is 1. The summed E-state index contributed by atoms with van der Waals surface area (Å²) < 4.78 is 12.9. The van der Waals surface area contributed by atoms with Crippen LogP contribution in [0.4, 0.5) is 5.69 Å². The van der Waals surface area contributed by atoms with Crippen LogP contribution in [-0.2, 0) is 16.1 Å². The molecule has 1 aromatic heterocycles. The van der Waals surface area contributed by atoms with Gasteiger partial charge in [-0.25, -0.2) is 0 Å². The van der Waals surface area contributed by atoms with Crippen LogP contribution < -0.4 is 10.2 Å². The number of morpholine rings is 1. The summed E-state index contributed by atoms with van der Waals surface area (Å²) >= 11 is 5.26. The number of hydrogen-bond donors (Lipinski definition) is 3. The van der Waals surface area contributed by atoms with Crippen molar-refractivity contribution >= 4 is 33.9 Å². The van der Waals surface area contributed by atoms with E-state index in [0.717, 1.165) is 56.7 Å². The number of fused-ring (bicyclic) bond motifs is 1. The summed E-state index contributed by atoms with van der Waals surface area (Å²) in [6.45, 7) is 5.41. The molecule has 150 valence electrons. The van der Waals surface area contributed by atoms with Gasteiger partial charge in [0.2, 0.25) is 11.0 Å². The van der Waals surface area contributed by atoms with Crippen LogP contribution in [0, 0.1) is 0 Å². The molecule has 9 heteroatoms. The molecule has 0 spiro atoms. The summed E-state index contributed by atoms with van der Waals surface area (Å²) in [5.74, 6) is 0.117. The Balaban J connectivity index is 1.51. The minimum atomic E-state index is 0.117. The number of benzene rings is 1. The predicted molar refractivity (Wildman–Crippen MR) is 109 cm³/mol. The van der Waals surface area contributed by atoms with E-state index in [1.165, 1.54) is 4.90 Å². The molecule has 3 heterocycles. The first-order valence-electron chi connectivity index (χ1n) is 9.75. The topological polar surface area (TPSA) is 84.8 Å². The molecule has 28 heavy (non-hydrogen) atoms. The fourth-order valence-electron chi connectivity index (χ4n) is 3.71. The highest BCUT2D eigenvalue weighted by Crippen LogP contribution is 2.38. The third-order valence-corrected chi connectivity index (χ3v) is 5.47. The third-order valence-electron chi connectivity index (χ3n) is 5.24. The average molecular weight is 405 g/mol. The standard InChI is InChI=1S/C19H25N5O3S/c25-18-17(21-22-19(28)20-12-14-4-3-9-27-14)15-5-1-2-6-16(15)24(18)13-23-7-10-26-11-8-23/h1-2,5-6,14,25H,3-4,7-13H2,(H,20,28)/p+1/t14-/m0/s1. The SMILES string of the molecule is Oc1c(N=NC(=S)NC[C@@H]2CCCO2)c2ccccc2n1C[NH+]1CCOCC1. The van der Waals surface area contributed by atoms with Gasteiger partial charge in [-0.15, -0.1) is 10.2 Å². The zero-order valence-corrected chi connectivity index (χ0v) is 16.6. The van der Waals surface area contributed by atoms with Gasteiger partial charge >= 0.3 is 0 Å². The van der Waals surface area contributed by atoms with Crippen molar-refractivity contribution in [3.8, 4) is 5.88 Å². The first-order valence-corrected chi connectivity index (χ1v) is 10.2. The molecule has 0 unspecified atom stereocenters. The average Bonchev–Trinajstić information content (AvgIpc) is 3.33. The Labute approximate surface area is 169 Å². The molecular formula is C19H26N5O3S+. The van der Waals surface area contributed by atoms with Gasteiger partial charge in [0.25, 0.3) is 0 Å². The maximum absolute atomic E-state index is 10.8. The van der Waals surface area contributed by atoms with Crippen molar-refractivity contribution in [2.75, 3.05) is 39.5 Å². The second-order valence-corrected chi connectivity index (χ2v) is 7.55. The molecule has 0 aliphatic carbocycles. The highest BCUT2D eigenvalue weighted by molar-refractivity contribution is 7.80. The van der Waals surface area contributed by atoms with Gasteiger partial charge < -0.3 is 24.8 Å². The van der Waals surface area contributed by atoms with Crippen molar-refractivity contribution < 1.29 is 19.5 Å². The van der Waals surface area contributed by atoms with Gasteiger partial charge in [-0.05, 0) is 31.1 Å². The molecule has 2 aliphatic heterocycles. The Morgan fingerprint density at radius 1 is 1.29 bits per heavy atom. The lowest BCUT2D eigenvalue weighted by molar-refractivity contribution is -0.930. The second-order valence-electron chi connectivity index (χ2n) is 7.16. The number of nitrogens with zero attached hydrogens (tertiary/aromatic N) is 3. The lowest BCUT2D eigenvalue weighted by atomic mass is 10.2. The molecule has 0 saturated carbocycles. The van der Waals surface area contributed by atoms with Crippen molar-refractivity contribution in [1.82, 2.24) is 9.88 Å². The Hall–Kier alpha value is -2.07. The molecule has 2 aromatic rings. The van der Waals surface area contributed by atoms with E-state index >= 15 is 0 Å². The number of rotatable bonds is 5. The van der Waals surface area contributed by atoms with Crippen LogP contribution in [0.15, 0.2) is 34.5 Å². The molecule has 3 N–H and O–H groups in total. The number of thiocarbonyl (C=S) groups is 1. The van der Waals surface area contributed by atoms with Crippen LogP contribution in [0.1, 0.15) is 12.8 Å². The summed E-state index contributed by atoms with van der Waals surface area (Å²) in [5.41, 5.74) is 1.38. The molecular weight excluding hydrogens is 378 g/mol. The first-order chi connectivity index (χ1) is 13.7.